The van der Waals surface area contributed by atoms with Gasteiger partial charge in [-0.15, -0.1) is 12.4 Å². The number of likely N-dealkylation sites (tertiary alicyclic amines) is 1. The zero-order chi connectivity index (χ0) is 19.3. The molecule has 1 heterocycles. The summed E-state index contributed by atoms with van der Waals surface area (Å²) in [4.78, 5) is 14.7. The molecule has 0 unspecified atom stereocenters. The van der Waals surface area contributed by atoms with Crippen LogP contribution in [0.25, 0.3) is 0 Å². The highest BCUT2D eigenvalue weighted by Crippen LogP contribution is 2.19. The van der Waals surface area contributed by atoms with Crippen LogP contribution in [0, 0.1) is 0 Å². The highest BCUT2D eigenvalue weighted by atomic mass is 35.5. The van der Waals surface area contributed by atoms with Crippen molar-refractivity contribution in [3.8, 4) is 5.75 Å². The SMILES string of the molecule is CCCCCCOc1cccc(NC(=O)OC2CCN(CCCC)CC2)c1.Cl. The Labute approximate surface area is 176 Å². The van der Waals surface area contributed by atoms with Crippen LogP contribution in [-0.4, -0.2) is 43.3 Å². The molecule has 1 aromatic rings. The van der Waals surface area contributed by atoms with Gasteiger partial charge in [0.05, 0.1) is 6.61 Å². The molecule has 0 saturated carbocycles. The van der Waals surface area contributed by atoms with Crippen molar-refractivity contribution in [1.29, 1.82) is 0 Å². The van der Waals surface area contributed by atoms with E-state index in [0.29, 0.717) is 12.3 Å². The molecule has 160 valence electrons. The van der Waals surface area contributed by atoms with Crippen molar-refractivity contribution in [2.75, 3.05) is 31.6 Å². The van der Waals surface area contributed by atoms with Crippen molar-refractivity contribution < 1.29 is 14.3 Å². The molecule has 1 N–H and O–H groups in total. The summed E-state index contributed by atoms with van der Waals surface area (Å²) >= 11 is 0. The maximum atomic E-state index is 12.2. The normalized spacial score (nSPS) is 14.9. The van der Waals surface area contributed by atoms with Crippen LogP contribution in [0.5, 0.6) is 5.75 Å². The van der Waals surface area contributed by atoms with E-state index < -0.39 is 0 Å². The predicted octanol–water partition coefficient (Wildman–Crippen LogP) is 5.88. The number of amides is 1. The molecule has 2 rings (SSSR count). The topological polar surface area (TPSA) is 50.8 Å². The molecule has 1 saturated heterocycles. The Morgan fingerprint density at radius 2 is 1.86 bits per heavy atom. The van der Waals surface area contributed by atoms with Crippen LogP contribution in [0.15, 0.2) is 24.3 Å². The van der Waals surface area contributed by atoms with Crippen LogP contribution in [-0.2, 0) is 4.74 Å². The van der Waals surface area contributed by atoms with Gasteiger partial charge in [-0.2, -0.15) is 0 Å². The summed E-state index contributed by atoms with van der Waals surface area (Å²) in [5.74, 6) is 0.786. The monoisotopic (exact) mass is 412 g/mol. The summed E-state index contributed by atoms with van der Waals surface area (Å²) in [6.07, 6.45) is 8.65. The number of hydrogen-bond donors (Lipinski definition) is 1. The van der Waals surface area contributed by atoms with E-state index in [1.807, 2.05) is 24.3 Å². The second-order valence-electron chi connectivity index (χ2n) is 7.36. The average Bonchev–Trinajstić information content (AvgIpc) is 2.67. The van der Waals surface area contributed by atoms with Crippen LogP contribution in [0.1, 0.15) is 65.2 Å². The minimum atomic E-state index is -0.373. The summed E-state index contributed by atoms with van der Waals surface area (Å²) in [5.41, 5.74) is 0.714. The molecule has 0 atom stereocenters. The quantitative estimate of drug-likeness (QED) is 0.461. The number of hydrogen-bond acceptors (Lipinski definition) is 4. The van der Waals surface area contributed by atoms with Crippen LogP contribution in [0.2, 0.25) is 0 Å². The fraction of sp³-hybridized carbons (Fsp3) is 0.682. The van der Waals surface area contributed by atoms with Crippen LogP contribution in [0.4, 0.5) is 10.5 Å². The third-order valence-electron chi connectivity index (χ3n) is 4.98. The molecule has 1 aliphatic heterocycles. The molecule has 5 nitrogen and oxygen atoms in total. The molecule has 0 bridgehead atoms. The van der Waals surface area contributed by atoms with Gasteiger partial charge in [0, 0.05) is 24.8 Å². The number of nitrogens with zero attached hydrogens (tertiary/aromatic N) is 1. The van der Waals surface area contributed by atoms with Gasteiger partial charge < -0.3 is 14.4 Å². The summed E-state index contributed by atoms with van der Waals surface area (Å²) in [6, 6.07) is 7.53. The van der Waals surface area contributed by atoms with E-state index in [0.717, 1.165) is 44.6 Å². The van der Waals surface area contributed by atoms with Gasteiger partial charge >= 0.3 is 6.09 Å². The third kappa shape index (κ3) is 9.65. The van der Waals surface area contributed by atoms with Gasteiger partial charge in [-0.3, -0.25) is 5.32 Å². The lowest BCUT2D eigenvalue weighted by atomic mass is 10.1. The first-order chi connectivity index (χ1) is 13.2. The van der Waals surface area contributed by atoms with Crippen molar-refractivity contribution in [3.05, 3.63) is 24.3 Å². The predicted molar refractivity (Wildman–Crippen MR) is 118 cm³/mol. The summed E-state index contributed by atoms with van der Waals surface area (Å²) < 4.78 is 11.4. The molecule has 1 aromatic carbocycles. The van der Waals surface area contributed by atoms with Gasteiger partial charge in [0.15, 0.2) is 0 Å². The van der Waals surface area contributed by atoms with Gasteiger partial charge in [0.1, 0.15) is 11.9 Å². The van der Waals surface area contributed by atoms with Gasteiger partial charge in [0.25, 0.3) is 0 Å². The summed E-state index contributed by atoms with van der Waals surface area (Å²) in [5, 5.41) is 2.83. The molecule has 1 aliphatic rings. The molecule has 28 heavy (non-hydrogen) atoms. The van der Waals surface area contributed by atoms with E-state index in [-0.39, 0.29) is 24.6 Å². The minimum absolute atomic E-state index is 0. The first-order valence-electron chi connectivity index (χ1n) is 10.6. The van der Waals surface area contributed by atoms with E-state index in [2.05, 4.69) is 24.1 Å². The van der Waals surface area contributed by atoms with Crippen LogP contribution < -0.4 is 10.1 Å². The Kier molecular flexibility index (Phi) is 12.8. The van der Waals surface area contributed by atoms with Gasteiger partial charge in [-0.25, -0.2) is 4.79 Å². The van der Waals surface area contributed by atoms with E-state index in [4.69, 9.17) is 9.47 Å². The number of carbonyl (C=O) groups excluding carboxylic acids is 1. The maximum Gasteiger partial charge on any atom is 0.411 e. The zero-order valence-corrected chi connectivity index (χ0v) is 18.3. The summed E-state index contributed by atoms with van der Waals surface area (Å²) in [6.45, 7) is 8.31. The van der Waals surface area contributed by atoms with Crippen LogP contribution in [0.3, 0.4) is 0 Å². The molecular formula is C22H37ClN2O3. The first-order valence-corrected chi connectivity index (χ1v) is 10.6. The minimum Gasteiger partial charge on any atom is -0.494 e. The van der Waals surface area contributed by atoms with Crippen molar-refractivity contribution in [2.45, 2.75) is 71.3 Å². The molecule has 0 aliphatic carbocycles. The number of ether oxygens (including phenoxy) is 2. The number of halogens is 1. The van der Waals surface area contributed by atoms with Crippen molar-refractivity contribution in [2.24, 2.45) is 0 Å². The number of carbonyl (C=O) groups is 1. The lowest BCUT2D eigenvalue weighted by molar-refractivity contribution is 0.0586. The number of benzene rings is 1. The second-order valence-corrected chi connectivity index (χ2v) is 7.36. The first kappa shape index (κ1) is 24.6. The van der Waals surface area contributed by atoms with Crippen molar-refractivity contribution >= 4 is 24.2 Å². The average molecular weight is 413 g/mol. The Bertz CT molecular complexity index is 548. The van der Waals surface area contributed by atoms with Gasteiger partial charge in [-0.05, 0) is 44.4 Å². The largest absolute Gasteiger partial charge is 0.494 e. The molecule has 1 fully saturated rings. The Hall–Kier alpha value is -1.46. The van der Waals surface area contributed by atoms with Gasteiger partial charge in [-0.1, -0.05) is 45.6 Å². The molecule has 6 heteroatoms. The second kappa shape index (κ2) is 14.5. The lowest BCUT2D eigenvalue weighted by Crippen LogP contribution is -2.38. The van der Waals surface area contributed by atoms with E-state index in [9.17, 15) is 4.79 Å². The van der Waals surface area contributed by atoms with Crippen LogP contribution >= 0.6 is 12.4 Å². The molecule has 0 aromatic heterocycles. The third-order valence-corrected chi connectivity index (χ3v) is 4.98. The highest BCUT2D eigenvalue weighted by molar-refractivity contribution is 5.85. The summed E-state index contributed by atoms with van der Waals surface area (Å²) in [7, 11) is 0. The fourth-order valence-corrected chi connectivity index (χ4v) is 3.31. The van der Waals surface area contributed by atoms with Crippen molar-refractivity contribution in [1.82, 2.24) is 4.90 Å². The van der Waals surface area contributed by atoms with E-state index in [1.165, 1.54) is 32.1 Å². The Morgan fingerprint density at radius 3 is 2.57 bits per heavy atom. The maximum absolute atomic E-state index is 12.2. The highest BCUT2D eigenvalue weighted by Gasteiger charge is 2.22. The van der Waals surface area contributed by atoms with Gasteiger partial charge in [0.2, 0.25) is 0 Å². The standard InChI is InChI=1S/C22H36N2O3.ClH/c1-3-5-7-8-17-26-21-11-9-10-19(18-21)23-22(25)27-20-12-15-24(16-13-20)14-6-4-2;/h9-11,18,20H,3-8,12-17H2,1-2H3,(H,23,25);1H. The lowest BCUT2D eigenvalue weighted by Gasteiger charge is -2.31. The van der Waals surface area contributed by atoms with E-state index in [1.54, 1.807) is 0 Å². The van der Waals surface area contributed by atoms with E-state index >= 15 is 0 Å². The number of rotatable bonds is 11. The molecule has 0 spiro atoms. The number of piperidine rings is 1. The number of anilines is 1. The van der Waals surface area contributed by atoms with Crippen molar-refractivity contribution in [3.63, 3.8) is 0 Å². The molecule has 1 amide bonds. The Balaban J connectivity index is 0.00000392. The molecular weight excluding hydrogens is 376 g/mol. The Morgan fingerprint density at radius 1 is 1.11 bits per heavy atom. The number of nitrogens with one attached hydrogen (secondary N) is 1. The fourth-order valence-electron chi connectivity index (χ4n) is 3.31. The molecule has 0 radical (unpaired) electrons. The zero-order valence-electron chi connectivity index (χ0n) is 17.5. The number of unbranched alkanes of at least 4 members (excludes halogenated alkanes) is 4. The smallest absolute Gasteiger partial charge is 0.411 e.